The van der Waals surface area contributed by atoms with Crippen molar-refractivity contribution in [2.75, 3.05) is 23.3 Å². The quantitative estimate of drug-likeness (QED) is 0.0197. The number of hydrogen-bond donors (Lipinski definition) is 2. The molecule has 4 amide bonds. The van der Waals surface area contributed by atoms with Crippen molar-refractivity contribution in [3.8, 4) is 5.75 Å². The molecule has 2 N–H and O–H groups in total. The van der Waals surface area contributed by atoms with Crippen LogP contribution in [0.4, 0.5) is 16.2 Å². The van der Waals surface area contributed by atoms with Crippen LogP contribution in [0.5, 0.6) is 5.75 Å². The Morgan fingerprint density at radius 3 is 2.00 bits per heavy atom. The van der Waals surface area contributed by atoms with Gasteiger partial charge in [0.25, 0.3) is 21.8 Å². The number of para-hydroxylation sites is 1. The molecule has 2 unspecified atom stereocenters. The molecule has 4 aromatic carbocycles. The molecular formula is C52H64ClN5O8S2. The molecular weight excluding hydrogens is 922 g/mol. The molecule has 1 fully saturated rings. The van der Waals surface area contributed by atoms with Crippen molar-refractivity contribution < 1.29 is 37.1 Å². The van der Waals surface area contributed by atoms with Crippen molar-refractivity contribution in [3.63, 3.8) is 0 Å². The average molecular weight is 987 g/mol. The van der Waals surface area contributed by atoms with E-state index in [9.17, 15) is 27.6 Å². The molecule has 68 heavy (non-hydrogen) atoms. The molecule has 0 spiro atoms. The van der Waals surface area contributed by atoms with Crippen LogP contribution in [-0.2, 0) is 30.9 Å². The van der Waals surface area contributed by atoms with Gasteiger partial charge in [-0.05, 0) is 66.8 Å². The van der Waals surface area contributed by atoms with E-state index in [0.717, 1.165) is 30.8 Å². The highest BCUT2D eigenvalue weighted by Gasteiger charge is 2.53. The Kier molecular flexibility index (Phi) is 20.2. The van der Waals surface area contributed by atoms with E-state index in [1.807, 2.05) is 6.07 Å². The number of rotatable bonds is 30. The summed E-state index contributed by atoms with van der Waals surface area (Å²) >= 11 is 7.34. The van der Waals surface area contributed by atoms with Gasteiger partial charge >= 0.3 is 6.03 Å². The first-order valence-electron chi connectivity index (χ1n) is 24.1. The van der Waals surface area contributed by atoms with Gasteiger partial charge in [0.1, 0.15) is 11.4 Å². The number of amides is 4. The van der Waals surface area contributed by atoms with Gasteiger partial charge in [-0.25, -0.2) is 18.1 Å². The minimum atomic E-state index is -4.30. The molecule has 1 aromatic heterocycles. The van der Waals surface area contributed by atoms with E-state index in [-0.39, 0.29) is 52.5 Å². The monoisotopic (exact) mass is 985 g/mol. The zero-order chi connectivity index (χ0) is 48.3. The second-order valence-electron chi connectivity index (χ2n) is 17.1. The molecule has 2 atom stereocenters. The molecule has 0 saturated carbocycles. The molecule has 1 aliphatic heterocycles. The number of nitrogens with zero attached hydrogens (tertiary/aromatic N) is 3. The normalized spacial score (nSPS) is 14.4. The van der Waals surface area contributed by atoms with Gasteiger partial charge in [0.15, 0.2) is 6.04 Å². The lowest BCUT2D eigenvalue weighted by molar-refractivity contribution is -0.144. The number of unbranched alkanes of at least 4 members (excludes halogenated alkanes) is 15. The maximum Gasteiger partial charge on any atom is 0.330 e. The number of halogens is 1. The highest BCUT2D eigenvalue weighted by Crippen LogP contribution is 2.33. The predicted octanol–water partition coefficient (Wildman–Crippen LogP) is 12.4. The Morgan fingerprint density at radius 1 is 0.750 bits per heavy atom. The second-order valence-corrected chi connectivity index (χ2v) is 20.0. The number of ether oxygens (including phenoxy) is 2. The number of fused-ring (bicyclic) bond motifs is 1. The van der Waals surface area contributed by atoms with Gasteiger partial charge < -0.3 is 14.8 Å². The summed E-state index contributed by atoms with van der Waals surface area (Å²) in [7, 11) is -4.30. The smallest absolute Gasteiger partial charge is 0.330 e. The first-order valence-corrected chi connectivity index (χ1v) is 26.7. The Labute approximate surface area is 410 Å². The van der Waals surface area contributed by atoms with Crippen molar-refractivity contribution >= 4 is 78.2 Å². The van der Waals surface area contributed by atoms with Crippen LogP contribution in [0.3, 0.4) is 0 Å². The topological polar surface area (TPSA) is 164 Å². The maximum atomic E-state index is 14.9. The lowest BCUT2D eigenvalue weighted by Gasteiger charge is -2.24. The summed E-state index contributed by atoms with van der Waals surface area (Å²) in [5.74, 6) is -2.80. The SMILES string of the molecule is CCCCCCCCCCCCCCCCCCOc1ccc(S(=O)(=O)Nc2ccccc2Cl)cc1NC(=O)C(C(=O)c1nsc2ccccc12)N1C(=O)C(OCC)N(Cc2ccccc2)C1=O. The van der Waals surface area contributed by atoms with Crippen LogP contribution < -0.4 is 14.8 Å². The van der Waals surface area contributed by atoms with Crippen molar-refractivity contribution in [3.05, 3.63) is 113 Å². The molecule has 1 aliphatic rings. The number of ketones is 1. The van der Waals surface area contributed by atoms with E-state index in [1.165, 1.54) is 106 Å². The largest absolute Gasteiger partial charge is 0.491 e. The minimum Gasteiger partial charge on any atom is -0.491 e. The number of anilines is 2. The van der Waals surface area contributed by atoms with Gasteiger partial charge in [0, 0.05) is 12.0 Å². The van der Waals surface area contributed by atoms with Crippen LogP contribution in [0.25, 0.3) is 10.1 Å². The number of nitrogens with one attached hydrogen (secondary N) is 2. The number of carbonyl (C=O) groups excluding carboxylic acids is 4. The molecule has 13 nitrogen and oxygen atoms in total. The molecule has 0 bridgehead atoms. The summed E-state index contributed by atoms with van der Waals surface area (Å²) in [4.78, 5) is 60.0. The zero-order valence-electron chi connectivity index (χ0n) is 39.1. The van der Waals surface area contributed by atoms with Crippen LogP contribution in [-0.4, -0.2) is 71.7 Å². The van der Waals surface area contributed by atoms with E-state index in [0.29, 0.717) is 27.0 Å². The Bertz CT molecular complexity index is 2560. The summed E-state index contributed by atoms with van der Waals surface area (Å²) in [6.45, 7) is 4.17. The molecule has 364 valence electrons. The van der Waals surface area contributed by atoms with Crippen molar-refractivity contribution in [2.45, 2.75) is 140 Å². The summed E-state index contributed by atoms with van der Waals surface area (Å²) < 4.78 is 47.2. The molecule has 0 radical (unpaired) electrons. The average Bonchev–Trinajstić information content (AvgIpc) is 3.86. The number of carbonyl (C=O) groups is 4. The summed E-state index contributed by atoms with van der Waals surface area (Å²) in [6, 6.07) is 23.2. The molecule has 0 aliphatic carbocycles. The van der Waals surface area contributed by atoms with Crippen LogP contribution >= 0.6 is 23.1 Å². The van der Waals surface area contributed by atoms with Crippen molar-refractivity contribution in [2.24, 2.45) is 0 Å². The summed E-state index contributed by atoms with van der Waals surface area (Å²) in [5.41, 5.74) is 0.615. The fourth-order valence-corrected chi connectivity index (χ4v) is 10.4. The first kappa shape index (κ1) is 52.0. The molecule has 5 aromatic rings. The summed E-state index contributed by atoms with van der Waals surface area (Å²) in [6.07, 6.45) is 18.0. The van der Waals surface area contributed by atoms with E-state index < -0.39 is 45.9 Å². The minimum absolute atomic E-state index is 0.0495. The standard InChI is InChI=1S/C52H64ClN5O8S2/c1-3-5-6-7-8-9-10-11-12-13-14-15-16-17-18-26-35-66-44-34-33-39(68(63,64)56-42-31-24-23-30-41(42)53)36-43(44)54-49(60)47(48(59)46-40-29-22-25-32-45(40)67-55-46)58-50(61)51(65-4-2)57(52(58)62)37-38-27-20-19-21-28-38/h19-25,27-34,36,47,51,56H,3-18,26,35,37H2,1-2H3,(H,54,60). The van der Waals surface area contributed by atoms with Gasteiger partial charge in [-0.2, -0.15) is 4.37 Å². The fraction of sp³-hybridized carbons (Fsp3) is 0.442. The Morgan fingerprint density at radius 2 is 1.35 bits per heavy atom. The van der Waals surface area contributed by atoms with E-state index in [4.69, 9.17) is 21.1 Å². The number of benzene rings is 4. The maximum absolute atomic E-state index is 14.9. The van der Waals surface area contributed by atoms with E-state index in [1.54, 1.807) is 73.7 Å². The van der Waals surface area contributed by atoms with Crippen molar-refractivity contribution in [1.82, 2.24) is 14.2 Å². The molecule has 16 heteroatoms. The van der Waals surface area contributed by atoms with Gasteiger partial charge in [-0.1, -0.05) is 176 Å². The number of sulfonamides is 1. The van der Waals surface area contributed by atoms with Crippen LogP contribution in [0.15, 0.2) is 102 Å². The van der Waals surface area contributed by atoms with E-state index >= 15 is 0 Å². The third-order valence-corrected chi connectivity index (χ3v) is 14.5. The van der Waals surface area contributed by atoms with Gasteiger partial charge in [-0.15, -0.1) is 0 Å². The number of hydrogen-bond acceptors (Lipinski definition) is 10. The second kappa shape index (κ2) is 26.4. The van der Waals surface area contributed by atoms with Gasteiger partial charge in [0.05, 0.1) is 39.1 Å². The van der Waals surface area contributed by atoms with E-state index in [2.05, 4.69) is 21.3 Å². The summed E-state index contributed by atoms with van der Waals surface area (Å²) in [5, 5.41) is 3.30. The molecule has 2 heterocycles. The highest BCUT2D eigenvalue weighted by molar-refractivity contribution is 7.92. The fourth-order valence-electron chi connectivity index (χ4n) is 8.30. The molecule has 1 saturated heterocycles. The third-order valence-electron chi connectivity index (χ3n) is 12.0. The lowest BCUT2D eigenvalue weighted by atomic mass is 10.0. The lowest BCUT2D eigenvalue weighted by Crippen LogP contribution is -2.52. The van der Waals surface area contributed by atoms with Crippen molar-refractivity contribution in [1.29, 1.82) is 0 Å². The Hall–Kier alpha value is -5.35. The van der Waals surface area contributed by atoms with Crippen LogP contribution in [0.1, 0.15) is 133 Å². The van der Waals surface area contributed by atoms with Crippen LogP contribution in [0, 0.1) is 0 Å². The highest BCUT2D eigenvalue weighted by atomic mass is 35.5. The third kappa shape index (κ3) is 14.1. The molecule has 6 rings (SSSR count). The predicted molar refractivity (Wildman–Crippen MR) is 270 cm³/mol. The zero-order valence-corrected chi connectivity index (χ0v) is 41.5. The number of aromatic nitrogens is 1. The van der Waals surface area contributed by atoms with Gasteiger partial charge in [0.2, 0.25) is 12.0 Å². The number of imide groups is 1. The van der Waals surface area contributed by atoms with Crippen LogP contribution in [0.2, 0.25) is 5.02 Å². The Balaban J connectivity index is 1.19. The first-order chi connectivity index (χ1) is 33.0. The number of Topliss-reactive ketones (excluding diaryl/α,β-unsaturated/α-hetero) is 1. The number of urea groups is 1. The van der Waals surface area contributed by atoms with Gasteiger partial charge in [-0.3, -0.25) is 24.0 Å².